The number of rotatable bonds is 3. The van der Waals surface area contributed by atoms with E-state index >= 15 is 0 Å². The summed E-state index contributed by atoms with van der Waals surface area (Å²) in [5, 5.41) is 14.2. The number of carbonyl (C=O) groups is 1. The Morgan fingerprint density at radius 1 is 1.22 bits per heavy atom. The molecule has 0 spiro atoms. The zero-order valence-electron chi connectivity index (χ0n) is 13.5. The predicted octanol–water partition coefficient (Wildman–Crippen LogP) is 3.35. The number of hydrogen-bond donors (Lipinski definition) is 1. The van der Waals surface area contributed by atoms with E-state index in [0.717, 1.165) is 11.8 Å². The lowest BCUT2D eigenvalue weighted by atomic mass is 10.1. The molecule has 2 aliphatic heterocycles. The Labute approximate surface area is 155 Å². The molecule has 2 aromatic rings. The van der Waals surface area contributed by atoms with Gasteiger partial charge in [-0.3, -0.25) is 14.9 Å². The van der Waals surface area contributed by atoms with Gasteiger partial charge in [0.15, 0.2) is 16.7 Å². The van der Waals surface area contributed by atoms with E-state index < -0.39 is 16.6 Å². The standard InChI is InChI=1S/C17H10FN3O5S/c18-10-1-3-11(4-2-10)19-17-20-16(22)15(27-17)6-9-5-13-14(26-8-25-13)7-12(9)21(23)24/h1-7H,8H2,(H,19,20,22)/b15-6+. The summed E-state index contributed by atoms with van der Waals surface area (Å²) in [6, 6.07) is 8.18. The Balaban J connectivity index is 1.66. The number of hydrogen-bond acceptors (Lipinski definition) is 7. The van der Waals surface area contributed by atoms with E-state index in [1.165, 1.54) is 42.5 Å². The molecule has 0 unspecified atom stereocenters. The molecule has 8 nitrogen and oxygen atoms in total. The monoisotopic (exact) mass is 387 g/mol. The van der Waals surface area contributed by atoms with Gasteiger partial charge < -0.3 is 14.8 Å². The SMILES string of the molecule is O=C1NC(=Nc2ccc(F)cc2)S/C1=C/c1cc2c(cc1[N+](=O)[O-])OCO2. The number of nitrogens with zero attached hydrogens (tertiary/aromatic N) is 2. The van der Waals surface area contributed by atoms with Gasteiger partial charge in [0.25, 0.3) is 11.6 Å². The molecule has 10 heteroatoms. The minimum atomic E-state index is -0.556. The van der Waals surface area contributed by atoms with Crippen LogP contribution in [-0.4, -0.2) is 22.8 Å². The molecule has 1 saturated heterocycles. The summed E-state index contributed by atoms with van der Waals surface area (Å²) in [6.07, 6.45) is 1.40. The Kier molecular flexibility index (Phi) is 4.24. The van der Waals surface area contributed by atoms with Crippen molar-refractivity contribution in [2.75, 3.05) is 6.79 Å². The van der Waals surface area contributed by atoms with Crippen LogP contribution in [0.15, 0.2) is 46.3 Å². The van der Waals surface area contributed by atoms with Crippen LogP contribution < -0.4 is 14.8 Å². The Bertz CT molecular complexity index is 1020. The summed E-state index contributed by atoms with van der Waals surface area (Å²) in [5.74, 6) is -0.174. The average Bonchev–Trinajstić information content (AvgIpc) is 3.22. The van der Waals surface area contributed by atoms with E-state index in [9.17, 15) is 19.3 Å². The van der Waals surface area contributed by atoms with E-state index in [-0.39, 0.29) is 28.7 Å². The van der Waals surface area contributed by atoms with Gasteiger partial charge in [-0.2, -0.15) is 0 Å². The van der Waals surface area contributed by atoms with Crippen molar-refractivity contribution in [3.63, 3.8) is 0 Å². The fourth-order valence-corrected chi connectivity index (χ4v) is 3.31. The number of ether oxygens (including phenoxy) is 2. The fraction of sp³-hybridized carbons (Fsp3) is 0.0588. The molecule has 2 aromatic carbocycles. The largest absolute Gasteiger partial charge is 0.454 e. The molecule has 1 N–H and O–H groups in total. The topological polar surface area (TPSA) is 103 Å². The lowest BCUT2D eigenvalue weighted by Crippen LogP contribution is -2.19. The summed E-state index contributed by atoms with van der Waals surface area (Å²) in [6.45, 7) is -0.0176. The third-order valence-electron chi connectivity index (χ3n) is 3.71. The number of thioether (sulfide) groups is 1. The molecule has 27 heavy (non-hydrogen) atoms. The predicted molar refractivity (Wildman–Crippen MR) is 96.4 cm³/mol. The first-order chi connectivity index (χ1) is 13.0. The van der Waals surface area contributed by atoms with Crippen LogP contribution >= 0.6 is 11.8 Å². The van der Waals surface area contributed by atoms with Gasteiger partial charge in [0, 0.05) is 0 Å². The lowest BCUT2D eigenvalue weighted by molar-refractivity contribution is -0.385. The number of carbonyl (C=O) groups excluding carboxylic acids is 1. The zero-order chi connectivity index (χ0) is 19.0. The third kappa shape index (κ3) is 3.47. The molecule has 1 fully saturated rings. The maximum absolute atomic E-state index is 13.0. The van der Waals surface area contributed by atoms with Gasteiger partial charge in [0.05, 0.1) is 27.1 Å². The van der Waals surface area contributed by atoms with Crippen LogP contribution in [0.3, 0.4) is 0 Å². The van der Waals surface area contributed by atoms with Gasteiger partial charge >= 0.3 is 0 Å². The normalized spacial score (nSPS) is 18.2. The molecule has 136 valence electrons. The van der Waals surface area contributed by atoms with Crippen molar-refractivity contribution in [2.24, 2.45) is 4.99 Å². The van der Waals surface area contributed by atoms with Crippen LogP contribution in [0, 0.1) is 15.9 Å². The van der Waals surface area contributed by atoms with Crippen LogP contribution in [0.25, 0.3) is 6.08 Å². The molecule has 2 heterocycles. The number of nitrogens with one attached hydrogen (secondary N) is 1. The maximum Gasteiger partial charge on any atom is 0.280 e. The average molecular weight is 387 g/mol. The van der Waals surface area contributed by atoms with E-state index in [4.69, 9.17) is 9.47 Å². The summed E-state index contributed by atoms with van der Waals surface area (Å²) in [4.78, 5) is 27.4. The van der Waals surface area contributed by atoms with E-state index in [0.29, 0.717) is 16.6 Å². The minimum Gasteiger partial charge on any atom is -0.454 e. The highest BCUT2D eigenvalue weighted by Gasteiger charge is 2.27. The molecule has 0 aliphatic carbocycles. The van der Waals surface area contributed by atoms with Crippen molar-refractivity contribution in [2.45, 2.75) is 0 Å². The molecule has 0 aromatic heterocycles. The van der Waals surface area contributed by atoms with Crippen molar-refractivity contribution in [3.05, 3.63) is 62.8 Å². The molecule has 0 saturated carbocycles. The van der Waals surface area contributed by atoms with Gasteiger partial charge in [-0.05, 0) is 48.2 Å². The molecule has 0 radical (unpaired) electrons. The smallest absolute Gasteiger partial charge is 0.280 e. The maximum atomic E-state index is 13.0. The Hall–Kier alpha value is -3.40. The second kappa shape index (κ2) is 6.72. The number of halogens is 1. The molecule has 0 atom stereocenters. The molecular weight excluding hydrogens is 377 g/mol. The van der Waals surface area contributed by atoms with E-state index in [1.54, 1.807) is 0 Å². The number of aliphatic imine (C=N–C) groups is 1. The highest BCUT2D eigenvalue weighted by Crippen LogP contribution is 2.40. The number of nitro groups is 1. The van der Waals surface area contributed by atoms with Gasteiger partial charge in [-0.1, -0.05) is 0 Å². The molecule has 2 aliphatic rings. The van der Waals surface area contributed by atoms with Gasteiger partial charge in [0.2, 0.25) is 6.79 Å². The summed E-state index contributed by atoms with van der Waals surface area (Å²) < 4.78 is 23.3. The van der Waals surface area contributed by atoms with Crippen molar-refractivity contribution in [3.8, 4) is 11.5 Å². The van der Waals surface area contributed by atoms with Gasteiger partial charge in [0.1, 0.15) is 5.82 Å². The second-order valence-corrected chi connectivity index (χ2v) is 6.51. The quantitative estimate of drug-likeness (QED) is 0.492. The highest BCUT2D eigenvalue weighted by molar-refractivity contribution is 8.18. The Morgan fingerprint density at radius 2 is 1.93 bits per heavy atom. The zero-order valence-corrected chi connectivity index (χ0v) is 14.3. The van der Waals surface area contributed by atoms with Crippen LogP contribution in [0.1, 0.15) is 5.56 Å². The fourth-order valence-electron chi connectivity index (χ4n) is 2.48. The first-order valence-corrected chi connectivity index (χ1v) is 8.44. The van der Waals surface area contributed by atoms with Gasteiger partial charge in [-0.25, -0.2) is 9.38 Å². The molecular formula is C17H10FN3O5S. The highest BCUT2D eigenvalue weighted by atomic mass is 32.2. The number of fused-ring (bicyclic) bond motifs is 1. The van der Waals surface area contributed by atoms with Crippen molar-refractivity contribution < 1.29 is 23.6 Å². The van der Waals surface area contributed by atoms with Crippen LogP contribution in [0.4, 0.5) is 15.8 Å². The molecule has 0 bridgehead atoms. The number of amides is 1. The van der Waals surface area contributed by atoms with Crippen LogP contribution in [0.2, 0.25) is 0 Å². The van der Waals surface area contributed by atoms with Crippen LogP contribution in [0.5, 0.6) is 11.5 Å². The number of benzene rings is 2. The van der Waals surface area contributed by atoms with Crippen molar-refractivity contribution in [1.82, 2.24) is 5.32 Å². The molecule has 1 amide bonds. The Morgan fingerprint density at radius 3 is 2.63 bits per heavy atom. The second-order valence-electron chi connectivity index (χ2n) is 5.48. The number of nitro benzene ring substituents is 1. The van der Waals surface area contributed by atoms with Gasteiger partial charge in [-0.15, -0.1) is 0 Å². The first kappa shape index (κ1) is 17.0. The van der Waals surface area contributed by atoms with E-state index in [2.05, 4.69) is 10.3 Å². The van der Waals surface area contributed by atoms with Crippen molar-refractivity contribution in [1.29, 1.82) is 0 Å². The summed E-state index contributed by atoms with van der Waals surface area (Å²) >= 11 is 1.03. The minimum absolute atomic E-state index is 0.0176. The summed E-state index contributed by atoms with van der Waals surface area (Å²) in [5.41, 5.74) is 0.475. The summed E-state index contributed by atoms with van der Waals surface area (Å²) in [7, 11) is 0. The first-order valence-electron chi connectivity index (χ1n) is 7.63. The van der Waals surface area contributed by atoms with Crippen molar-refractivity contribution >= 4 is 40.3 Å². The third-order valence-corrected chi connectivity index (χ3v) is 4.62. The van der Waals surface area contributed by atoms with Crippen LogP contribution in [-0.2, 0) is 4.79 Å². The van der Waals surface area contributed by atoms with E-state index in [1.807, 2.05) is 0 Å². The number of amidine groups is 1. The molecule has 4 rings (SSSR count). The lowest BCUT2D eigenvalue weighted by Gasteiger charge is -2.01.